The van der Waals surface area contributed by atoms with Gasteiger partial charge in [-0.15, -0.1) is 5.10 Å². The third-order valence-corrected chi connectivity index (χ3v) is 8.02. The van der Waals surface area contributed by atoms with E-state index >= 15 is 0 Å². The fraction of sp³-hybridized carbons (Fsp3) is 0.269. The van der Waals surface area contributed by atoms with Gasteiger partial charge in [-0.25, -0.2) is 23.5 Å². The number of aromatic nitrogens is 6. The van der Waals surface area contributed by atoms with Gasteiger partial charge in [0.1, 0.15) is 0 Å². The summed E-state index contributed by atoms with van der Waals surface area (Å²) in [6.07, 6.45) is 1.17. The molecule has 0 spiro atoms. The van der Waals surface area contributed by atoms with E-state index in [-0.39, 0.29) is 16.6 Å². The van der Waals surface area contributed by atoms with Crippen molar-refractivity contribution < 1.29 is 13.2 Å². The average Bonchev–Trinajstić information content (AvgIpc) is 3.48. The summed E-state index contributed by atoms with van der Waals surface area (Å²) < 4.78 is 26.5. The lowest BCUT2D eigenvalue weighted by Gasteiger charge is -2.08. The number of sulfonamides is 1. The Labute approximate surface area is 229 Å². The van der Waals surface area contributed by atoms with Gasteiger partial charge in [0, 0.05) is 30.6 Å². The van der Waals surface area contributed by atoms with E-state index in [1.165, 1.54) is 23.9 Å². The highest BCUT2D eigenvalue weighted by molar-refractivity contribution is 7.99. The molecule has 202 valence electrons. The van der Waals surface area contributed by atoms with Crippen molar-refractivity contribution in [2.75, 3.05) is 12.3 Å². The van der Waals surface area contributed by atoms with E-state index in [1.54, 1.807) is 16.6 Å². The Balaban J connectivity index is 1.25. The Morgan fingerprint density at radius 2 is 1.79 bits per heavy atom. The van der Waals surface area contributed by atoms with Crippen LogP contribution in [0.2, 0.25) is 0 Å². The molecule has 5 aromatic rings. The van der Waals surface area contributed by atoms with Crippen LogP contribution in [0.3, 0.4) is 0 Å². The van der Waals surface area contributed by atoms with Gasteiger partial charge >= 0.3 is 0 Å². The summed E-state index contributed by atoms with van der Waals surface area (Å²) in [5.41, 5.74) is 4.45. The van der Waals surface area contributed by atoms with Gasteiger partial charge in [-0.05, 0) is 56.2 Å². The first-order valence-electron chi connectivity index (χ1n) is 12.3. The molecule has 0 radical (unpaired) electrons. The minimum atomic E-state index is -3.73. The van der Waals surface area contributed by atoms with E-state index in [1.807, 2.05) is 48.9 Å². The predicted molar refractivity (Wildman–Crippen MR) is 149 cm³/mol. The van der Waals surface area contributed by atoms with Gasteiger partial charge in [0.05, 0.1) is 21.9 Å². The van der Waals surface area contributed by atoms with Gasteiger partial charge in [-0.3, -0.25) is 9.48 Å². The number of thioether (sulfide) groups is 1. The molecule has 0 unspecified atom stereocenters. The van der Waals surface area contributed by atoms with E-state index < -0.39 is 10.0 Å². The lowest BCUT2D eigenvalue weighted by molar-refractivity contribution is -0.118. The molecular weight excluding hydrogens is 536 g/mol. The number of nitrogens with two attached hydrogens (primary N) is 1. The first kappa shape index (κ1) is 26.8. The highest BCUT2D eigenvalue weighted by Crippen LogP contribution is 2.24. The molecule has 11 nitrogen and oxygen atoms in total. The Bertz CT molecular complexity index is 1760. The van der Waals surface area contributed by atoms with Crippen LogP contribution in [0.5, 0.6) is 0 Å². The second kappa shape index (κ2) is 11.1. The quantitative estimate of drug-likeness (QED) is 0.194. The molecule has 0 atom stereocenters. The molecular formula is C26H28N8O3S2. The molecule has 13 heteroatoms. The number of fused-ring (bicyclic) bond motifs is 3. The van der Waals surface area contributed by atoms with Crippen LogP contribution in [-0.4, -0.2) is 56.0 Å². The van der Waals surface area contributed by atoms with Gasteiger partial charge in [-0.2, -0.15) is 9.61 Å². The van der Waals surface area contributed by atoms with Crippen molar-refractivity contribution >= 4 is 44.2 Å². The summed E-state index contributed by atoms with van der Waals surface area (Å²) in [5.74, 6) is 0.695. The molecule has 1 amide bonds. The molecule has 3 N–H and O–H groups in total. The Hall–Kier alpha value is -3.81. The smallest absolute Gasteiger partial charge is 0.238 e. The van der Waals surface area contributed by atoms with Crippen molar-refractivity contribution in [2.24, 2.45) is 5.14 Å². The molecule has 0 aliphatic rings. The van der Waals surface area contributed by atoms with E-state index in [4.69, 9.17) is 20.2 Å². The number of nitrogens with zero attached hydrogens (tertiary/aromatic N) is 6. The number of primary sulfonamides is 1. The van der Waals surface area contributed by atoms with Crippen molar-refractivity contribution in [1.29, 1.82) is 0 Å². The number of nitrogens with one attached hydrogen (secondary N) is 1. The minimum absolute atomic E-state index is 0.0590. The zero-order chi connectivity index (χ0) is 27.6. The topological polar surface area (TPSA) is 150 Å². The maximum Gasteiger partial charge on any atom is 0.238 e. The number of aryl methyl sites for hydroxylation is 4. The van der Waals surface area contributed by atoms with Crippen LogP contribution < -0.4 is 10.5 Å². The summed E-state index contributed by atoms with van der Waals surface area (Å²) >= 11 is 1.30. The van der Waals surface area contributed by atoms with Crippen LogP contribution >= 0.6 is 11.8 Å². The number of hydrogen-bond acceptors (Lipinski definition) is 8. The zero-order valence-electron chi connectivity index (χ0n) is 21.5. The number of para-hydroxylation sites is 1. The maximum absolute atomic E-state index is 12.6. The molecule has 3 aromatic heterocycles. The van der Waals surface area contributed by atoms with Crippen LogP contribution in [-0.2, 0) is 34.2 Å². The Kier molecular flexibility index (Phi) is 7.64. The molecule has 0 saturated heterocycles. The van der Waals surface area contributed by atoms with Gasteiger partial charge in [0.2, 0.25) is 15.9 Å². The van der Waals surface area contributed by atoms with Crippen molar-refractivity contribution in [3.05, 3.63) is 77.4 Å². The van der Waals surface area contributed by atoms with E-state index in [2.05, 4.69) is 10.4 Å². The molecule has 5 rings (SSSR count). The summed E-state index contributed by atoms with van der Waals surface area (Å²) in [5, 5.41) is 18.7. The number of carbonyl (C=O) groups excluding carboxylic acids is 1. The fourth-order valence-electron chi connectivity index (χ4n) is 4.25. The molecule has 3 heterocycles. The highest BCUT2D eigenvalue weighted by atomic mass is 32.2. The Morgan fingerprint density at radius 3 is 2.51 bits per heavy atom. The molecule has 0 aliphatic heterocycles. The largest absolute Gasteiger partial charge is 0.355 e. The van der Waals surface area contributed by atoms with Crippen LogP contribution in [0.25, 0.3) is 16.6 Å². The summed E-state index contributed by atoms with van der Waals surface area (Å²) in [7, 11) is -3.73. The molecule has 39 heavy (non-hydrogen) atoms. The molecule has 0 aliphatic carbocycles. The molecule has 0 saturated carbocycles. The first-order chi connectivity index (χ1) is 18.7. The predicted octanol–water partition coefficient (Wildman–Crippen LogP) is 2.43. The van der Waals surface area contributed by atoms with Crippen molar-refractivity contribution in [1.82, 2.24) is 34.7 Å². The lowest BCUT2D eigenvalue weighted by atomic mass is 10.1. The number of carbonyl (C=O) groups is 1. The minimum Gasteiger partial charge on any atom is -0.355 e. The average molecular weight is 565 g/mol. The maximum atomic E-state index is 12.6. The highest BCUT2D eigenvalue weighted by Gasteiger charge is 2.16. The van der Waals surface area contributed by atoms with Gasteiger partial charge in [-0.1, -0.05) is 36.0 Å². The second-order valence-electron chi connectivity index (χ2n) is 9.15. The van der Waals surface area contributed by atoms with Crippen LogP contribution in [0.1, 0.15) is 22.8 Å². The summed E-state index contributed by atoms with van der Waals surface area (Å²) in [6.45, 7) is 5.07. The monoisotopic (exact) mass is 564 g/mol. The van der Waals surface area contributed by atoms with E-state index in [0.29, 0.717) is 42.6 Å². The van der Waals surface area contributed by atoms with Crippen LogP contribution in [0.15, 0.2) is 64.6 Å². The second-order valence-corrected chi connectivity index (χ2v) is 11.7. The molecule has 0 bridgehead atoms. The molecule has 2 aromatic carbocycles. The number of rotatable bonds is 10. The first-order valence-corrected chi connectivity index (χ1v) is 14.9. The SMILES string of the molecule is Cc1cc(C)n(CCc2nc3c4ccccc4nc(SCC(=O)NCCc4ccc(S(N)(=O)=O)cc4)n3n2)n1. The lowest BCUT2D eigenvalue weighted by Crippen LogP contribution is -2.27. The van der Waals surface area contributed by atoms with Crippen molar-refractivity contribution in [3.8, 4) is 0 Å². The fourth-order valence-corrected chi connectivity index (χ4v) is 5.54. The van der Waals surface area contributed by atoms with E-state index in [9.17, 15) is 13.2 Å². The van der Waals surface area contributed by atoms with Gasteiger partial charge < -0.3 is 5.32 Å². The van der Waals surface area contributed by atoms with Crippen LogP contribution in [0, 0.1) is 13.8 Å². The summed E-state index contributed by atoms with van der Waals surface area (Å²) in [4.78, 5) is 22.2. The van der Waals surface area contributed by atoms with Crippen molar-refractivity contribution in [2.45, 2.75) is 43.3 Å². The zero-order valence-corrected chi connectivity index (χ0v) is 23.2. The number of amides is 1. The standard InChI is InChI=1S/C26H28N8O3S2/c1-17-15-18(2)33(31-17)14-12-23-30-25-21-5-3-4-6-22(21)29-26(34(25)32-23)38-16-24(35)28-13-11-19-7-9-20(10-8-19)39(27,36)37/h3-10,15H,11-14,16H2,1-2H3,(H,28,35)(H2,27,36,37). The molecule has 0 fully saturated rings. The van der Waals surface area contributed by atoms with Crippen molar-refractivity contribution in [3.63, 3.8) is 0 Å². The third kappa shape index (κ3) is 6.27. The normalized spacial score (nSPS) is 11.9. The van der Waals surface area contributed by atoms with E-state index in [0.717, 1.165) is 27.9 Å². The number of benzene rings is 2. The summed E-state index contributed by atoms with van der Waals surface area (Å²) in [6, 6.07) is 16.1. The van der Waals surface area contributed by atoms with Gasteiger partial charge in [0.25, 0.3) is 0 Å². The van der Waals surface area contributed by atoms with Gasteiger partial charge in [0.15, 0.2) is 16.6 Å². The Morgan fingerprint density at radius 1 is 1.03 bits per heavy atom. The number of hydrogen-bond donors (Lipinski definition) is 2. The van der Waals surface area contributed by atoms with Crippen LogP contribution in [0.4, 0.5) is 0 Å². The third-order valence-electron chi connectivity index (χ3n) is 6.16.